The van der Waals surface area contributed by atoms with Gasteiger partial charge in [0.1, 0.15) is 23.2 Å². The van der Waals surface area contributed by atoms with Crippen molar-refractivity contribution < 1.29 is 13.9 Å². The number of likely N-dealkylation sites (tertiary alicyclic amines) is 1. The van der Waals surface area contributed by atoms with E-state index >= 15 is 0 Å². The van der Waals surface area contributed by atoms with Gasteiger partial charge in [0.25, 0.3) is 5.91 Å². The molecule has 1 atom stereocenters. The Bertz CT molecular complexity index is 823. The third-order valence-electron chi connectivity index (χ3n) is 5.59. The van der Waals surface area contributed by atoms with E-state index in [1.165, 1.54) is 24.3 Å². The molecule has 1 amide bonds. The Hall–Kier alpha value is -2.48. The number of hydrogen-bond acceptors (Lipinski definition) is 5. The predicted molar refractivity (Wildman–Crippen MR) is 102 cm³/mol. The second-order valence-electron chi connectivity index (χ2n) is 7.60. The summed E-state index contributed by atoms with van der Waals surface area (Å²) in [5.41, 5.74) is 0. The number of aromatic nitrogens is 3. The van der Waals surface area contributed by atoms with Gasteiger partial charge in [-0.25, -0.2) is 4.39 Å². The maximum Gasteiger partial charge on any atom is 0.260 e. The quantitative estimate of drug-likeness (QED) is 0.799. The average Bonchev–Trinajstić information content (AvgIpc) is 3.04. The standard InChI is InChI=1S/C20H26FN5O2/c1-24-10-8-18-22-23-20(26(18)12-11-24)15-3-2-9-25(13-15)19(27)14-28-17-6-4-16(21)5-7-17/h4-7,15H,2-3,8-14H2,1H3. The minimum atomic E-state index is -0.323. The van der Waals surface area contributed by atoms with Gasteiger partial charge >= 0.3 is 0 Å². The molecule has 0 aliphatic carbocycles. The first-order chi connectivity index (χ1) is 13.6. The predicted octanol–water partition coefficient (Wildman–Crippen LogP) is 1.69. The van der Waals surface area contributed by atoms with Gasteiger partial charge in [0.05, 0.1) is 0 Å². The monoisotopic (exact) mass is 387 g/mol. The Morgan fingerprint density at radius 2 is 2.00 bits per heavy atom. The molecule has 28 heavy (non-hydrogen) atoms. The normalized spacial score (nSPS) is 20.5. The molecule has 2 aliphatic heterocycles. The van der Waals surface area contributed by atoms with Gasteiger partial charge in [-0.05, 0) is 44.2 Å². The van der Waals surface area contributed by atoms with Crippen LogP contribution in [0.15, 0.2) is 24.3 Å². The van der Waals surface area contributed by atoms with E-state index in [1.54, 1.807) is 0 Å². The highest BCUT2D eigenvalue weighted by molar-refractivity contribution is 5.78. The molecule has 1 unspecified atom stereocenters. The summed E-state index contributed by atoms with van der Waals surface area (Å²) >= 11 is 0. The number of rotatable bonds is 4. The van der Waals surface area contributed by atoms with Crippen LogP contribution in [0.25, 0.3) is 0 Å². The molecule has 8 heteroatoms. The van der Waals surface area contributed by atoms with Crippen LogP contribution < -0.4 is 4.74 Å². The number of hydrogen-bond donors (Lipinski definition) is 0. The fraction of sp³-hybridized carbons (Fsp3) is 0.550. The number of fused-ring (bicyclic) bond motifs is 1. The van der Waals surface area contributed by atoms with E-state index < -0.39 is 0 Å². The lowest BCUT2D eigenvalue weighted by molar-refractivity contribution is -0.134. The fourth-order valence-electron chi connectivity index (χ4n) is 3.93. The average molecular weight is 387 g/mol. The van der Waals surface area contributed by atoms with E-state index in [0.717, 1.165) is 57.1 Å². The van der Waals surface area contributed by atoms with Gasteiger partial charge in [0.15, 0.2) is 6.61 Å². The summed E-state index contributed by atoms with van der Waals surface area (Å²) in [6.45, 7) is 4.20. The number of carbonyl (C=O) groups is 1. The van der Waals surface area contributed by atoms with Gasteiger partial charge in [0, 0.05) is 45.1 Å². The maximum absolute atomic E-state index is 13.0. The fourth-order valence-corrected chi connectivity index (χ4v) is 3.93. The molecule has 0 spiro atoms. The summed E-state index contributed by atoms with van der Waals surface area (Å²) in [6, 6.07) is 5.71. The number of amides is 1. The van der Waals surface area contributed by atoms with Gasteiger partial charge in [-0.2, -0.15) is 0 Å². The van der Waals surface area contributed by atoms with Gasteiger partial charge in [-0.3, -0.25) is 4.79 Å². The van der Waals surface area contributed by atoms with Gasteiger partial charge in [-0.1, -0.05) is 0 Å². The lowest BCUT2D eigenvalue weighted by Crippen LogP contribution is -2.42. The smallest absolute Gasteiger partial charge is 0.260 e. The summed E-state index contributed by atoms with van der Waals surface area (Å²) < 4.78 is 20.7. The van der Waals surface area contributed by atoms with Crippen molar-refractivity contribution in [2.24, 2.45) is 0 Å². The van der Waals surface area contributed by atoms with Crippen LogP contribution in [0.3, 0.4) is 0 Å². The Morgan fingerprint density at radius 3 is 2.82 bits per heavy atom. The van der Waals surface area contributed by atoms with Crippen molar-refractivity contribution in [1.82, 2.24) is 24.6 Å². The van der Waals surface area contributed by atoms with Crippen LogP contribution in [0.5, 0.6) is 5.75 Å². The molecule has 0 N–H and O–H groups in total. The molecule has 2 aromatic rings. The molecule has 0 radical (unpaired) electrons. The Kier molecular flexibility index (Phi) is 5.57. The van der Waals surface area contributed by atoms with Crippen LogP contribution in [0.1, 0.15) is 30.4 Å². The summed E-state index contributed by atoms with van der Waals surface area (Å²) in [5.74, 6) is 2.37. The topological polar surface area (TPSA) is 63.5 Å². The van der Waals surface area contributed by atoms with Crippen molar-refractivity contribution in [3.8, 4) is 5.75 Å². The highest BCUT2D eigenvalue weighted by Gasteiger charge is 2.29. The maximum atomic E-state index is 13.0. The van der Waals surface area contributed by atoms with E-state index in [4.69, 9.17) is 4.74 Å². The first-order valence-corrected chi connectivity index (χ1v) is 9.87. The molecule has 1 aromatic carbocycles. The minimum Gasteiger partial charge on any atom is -0.484 e. The zero-order valence-electron chi connectivity index (χ0n) is 16.2. The van der Waals surface area contributed by atoms with Crippen LogP contribution in [0.2, 0.25) is 0 Å². The lowest BCUT2D eigenvalue weighted by atomic mass is 9.97. The first-order valence-electron chi connectivity index (χ1n) is 9.87. The Labute approximate surface area is 164 Å². The van der Waals surface area contributed by atoms with Gasteiger partial charge in [0.2, 0.25) is 0 Å². The van der Waals surface area contributed by atoms with Crippen molar-refractivity contribution in [3.63, 3.8) is 0 Å². The first kappa shape index (κ1) is 18.9. The van der Waals surface area contributed by atoms with Crippen LogP contribution in [-0.2, 0) is 17.8 Å². The molecule has 3 heterocycles. The summed E-state index contributed by atoms with van der Waals surface area (Å²) in [5, 5.41) is 8.88. The molecular weight excluding hydrogens is 361 g/mol. The van der Waals surface area contributed by atoms with E-state index in [9.17, 15) is 9.18 Å². The van der Waals surface area contributed by atoms with Crippen molar-refractivity contribution in [2.75, 3.05) is 39.8 Å². The van der Waals surface area contributed by atoms with Crippen LogP contribution in [0.4, 0.5) is 4.39 Å². The number of carbonyl (C=O) groups excluding carboxylic acids is 1. The minimum absolute atomic E-state index is 0.0406. The van der Waals surface area contributed by atoms with E-state index in [0.29, 0.717) is 12.3 Å². The van der Waals surface area contributed by atoms with Crippen molar-refractivity contribution >= 4 is 5.91 Å². The Balaban J connectivity index is 1.38. The number of piperidine rings is 1. The summed E-state index contributed by atoms with van der Waals surface area (Å²) in [6.07, 6.45) is 2.86. The molecule has 1 fully saturated rings. The number of halogens is 1. The number of benzene rings is 1. The largest absolute Gasteiger partial charge is 0.484 e. The van der Waals surface area contributed by atoms with E-state index in [1.807, 2.05) is 4.90 Å². The highest BCUT2D eigenvalue weighted by atomic mass is 19.1. The third kappa shape index (κ3) is 4.16. The summed E-state index contributed by atoms with van der Waals surface area (Å²) in [7, 11) is 2.13. The van der Waals surface area contributed by atoms with E-state index in [2.05, 4.69) is 26.7 Å². The number of likely N-dealkylation sites (N-methyl/N-ethyl adjacent to an activating group) is 1. The molecule has 4 rings (SSSR count). The molecule has 1 aromatic heterocycles. The van der Waals surface area contributed by atoms with Crippen LogP contribution in [0, 0.1) is 5.82 Å². The van der Waals surface area contributed by atoms with Gasteiger partial charge < -0.3 is 19.1 Å². The van der Waals surface area contributed by atoms with Crippen LogP contribution >= 0.6 is 0 Å². The second-order valence-corrected chi connectivity index (χ2v) is 7.60. The summed E-state index contributed by atoms with van der Waals surface area (Å²) in [4.78, 5) is 16.8. The molecule has 2 aliphatic rings. The zero-order valence-corrected chi connectivity index (χ0v) is 16.2. The lowest BCUT2D eigenvalue weighted by Gasteiger charge is -2.32. The molecule has 150 valence electrons. The Morgan fingerprint density at radius 1 is 1.18 bits per heavy atom. The molecular formula is C20H26FN5O2. The SMILES string of the molecule is CN1CCc2nnc(C3CCCN(C(=O)COc4ccc(F)cc4)C3)n2CC1. The highest BCUT2D eigenvalue weighted by Crippen LogP contribution is 2.27. The molecule has 7 nitrogen and oxygen atoms in total. The molecule has 0 saturated carbocycles. The number of ether oxygens (including phenoxy) is 1. The van der Waals surface area contributed by atoms with E-state index in [-0.39, 0.29) is 24.2 Å². The van der Waals surface area contributed by atoms with Gasteiger partial charge in [-0.15, -0.1) is 10.2 Å². The van der Waals surface area contributed by atoms with Crippen molar-refractivity contribution in [2.45, 2.75) is 31.7 Å². The third-order valence-corrected chi connectivity index (χ3v) is 5.59. The number of nitrogens with zero attached hydrogens (tertiary/aromatic N) is 5. The molecule has 0 bridgehead atoms. The van der Waals surface area contributed by atoms with Crippen molar-refractivity contribution in [1.29, 1.82) is 0 Å². The zero-order chi connectivity index (χ0) is 19.5. The van der Waals surface area contributed by atoms with Crippen molar-refractivity contribution in [3.05, 3.63) is 41.7 Å². The van der Waals surface area contributed by atoms with Crippen LogP contribution in [-0.4, -0.2) is 70.3 Å². The second kappa shape index (κ2) is 8.26. The molecule has 1 saturated heterocycles.